The molecule has 0 aliphatic rings. The van der Waals surface area contributed by atoms with E-state index in [-0.39, 0.29) is 0 Å². The van der Waals surface area contributed by atoms with Crippen molar-refractivity contribution in [2.24, 2.45) is 0 Å². The van der Waals surface area contributed by atoms with Gasteiger partial charge in [-0.15, -0.1) is 0 Å². The highest BCUT2D eigenvalue weighted by Crippen LogP contribution is 2.15. The molecule has 0 amide bonds. The molecule has 0 fully saturated rings. The molecule has 102 valence electrons. The molecule has 0 bridgehead atoms. The van der Waals surface area contributed by atoms with E-state index in [2.05, 4.69) is 54.9 Å². The van der Waals surface area contributed by atoms with Crippen molar-refractivity contribution in [3.8, 4) is 0 Å². The second kappa shape index (κ2) is 6.69. The van der Waals surface area contributed by atoms with E-state index in [1.165, 1.54) is 0 Å². The first kappa shape index (κ1) is 14.9. The van der Waals surface area contributed by atoms with E-state index in [1.54, 1.807) is 0 Å². The summed E-state index contributed by atoms with van der Waals surface area (Å²) in [4.78, 5) is 11.3. The molecule has 1 N–H and O–H groups in total. The van der Waals surface area contributed by atoms with Gasteiger partial charge in [-0.3, -0.25) is 0 Å². The minimum Gasteiger partial charge on any atom is -0.358 e. The standard InChI is InChI=1S/C14H26N4/c1-10(2)14-16-12(5)9-13(17-14)18(6)8-7-15-11(3)4/h9-11,15H,7-8H2,1-6H3. The molecule has 0 aliphatic heterocycles. The van der Waals surface area contributed by atoms with E-state index >= 15 is 0 Å². The highest BCUT2D eigenvalue weighted by atomic mass is 15.2. The molecule has 0 atom stereocenters. The van der Waals surface area contributed by atoms with Crippen LogP contribution in [0.15, 0.2) is 6.07 Å². The van der Waals surface area contributed by atoms with Gasteiger partial charge in [0.25, 0.3) is 0 Å². The molecule has 1 aromatic rings. The molecule has 1 aromatic heterocycles. The second-order valence-corrected chi connectivity index (χ2v) is 5.41. The Morgan fingerprint density at radius 1 is 1.22 bits per heavy atom. The summed E-state index contributed by atoms with van der Waals surface area (Å²) >= 11 is 0. The smallest absolute Gasteiger partial charge is 0.133 e. The van der Waals surface area contributed by atoms with Crippen LogP contribution in [0.2, 0.25) is 0 Å². The predicted octanol–water partition coefficient (Wildman–Crippen LogP) is 2.34. The van der Waals surface area contributed by atoms with Gasteiger partial charge in [-0.2, -0.15) is 0 Å². The maximum absolute atomic E-state index is 4.62. The Morgan fingerprint density at radius 2 is 1.89 bits per heavy atom. The molecule has 1 heterocycles. The average Bonchev–Trinajstić information content (AvgIpc) is 2.27. The molecule has 0 spiro atoms. The van der Waals surface area contributed by atoms with Gasteiger partial charge in [-0.1, -0.05) is 27.7 Å². The summed E-state index contributed by atoms with van der Waals surface area (Å²) in [6.45, 7) is 12.5. The van der Waals surface area contributed by atoms with Crippen LogP contribution >= 0.6 is 0 Å². The van der Waals surface area contributed by atoms with Crippen LogP contribution in [0.1, 0.15) is 45.1 Å². The van der Waals surface area contributed by atoms with Crippen molar-refractivity contribution < 1.29 is 0 Å². The van der Waals surface area contributed by atoms with E-state index < -0.39 is 0 Å². The van der Waals surface area contributed by atoms with Crippen LogP contribution in [0.5, 0.6) is 0 Å². The molecule has 0 radical (unpaired) electrons. The Morgan fingerprint density at radius 3 is 2.44 bits per heavy atom. The van der Waals surface area contributed by atoms with E-state index in [1.807, 2.05) is 13.0 Å². The zero-order valence-corrected chi connectivity index (χ0v) is 12.5. The number of likely N-dealkylation sites (N-methyl/N-ethyl adjacent to an activating group) is 1. The SMILES string of the molecule is Cc1cc(N(C)CCNC(C)C)nc(C(C)C)n1. The van der Waals surface area contributed by atoms with Crippen LogP contribution < -0.4 is 10.2 Å². The minimum absolute atomic E-state index is 0.367. The highest BCUT2D eigenvalue weighted by Gasteiger charge is 2.09. The fraction of sp³-hybridized carbons (Fsp3) is 0.714. The van der Waals surface area contributed by atoms with E-state index in [9.17, 15) is 0 Å². The molecular formula is C14H26N4. The fourth-order valence-corrected chi connectivity index (χ4v) is 1.66. The van der Waals surface area contributed by atoms with Crippen molar-refractivity contribution in [3.05, 3.63) is 17.6 Å². The third-order valence-electron chi connectivity index (χ3n) is 2.77. The summed E-state index contributed by atoms with van der Waals surface area (Å²) in [6, 6.07) is 2.57. The van der Waals surface area contributed by atoms with Crippen LogP contribution in [0.4, 0.5) is 5.82 Å². The summed E-state index contributed by atoms with van der Waals surface area (Å²) in [6.07, 6.45) is 0. The second-order valence-electron chi connectivity index (χ2n) is 5.41. The van der Waals surface area contributed by atoms with Crippen LogP contribution in [-0.2, 0) is 0 Å². The van der Waals surface area contributed by atoms with Crippen molar-refractivity contribution >= 4 is 5.82 Å². The molecule has 0 aliphatic carbocycles. The Hall–Kier alpha value is -1.16. The predicted molar refractivity (Wildman–Crippen MR) is 77.3 cm³/mol. The lowest BCUT2D eigenvalue weighted by molar-refractivity contribution is 0.587. The third-order valence-corrected chi connectivity index (χ3v) is 2.77. The zero-order valence-electron chi connectivity index (χ0n) is 12.5. The summed E-state index contributed by atoms with van der Waals surface area (Å²) < 4.78 is 0. The number of nitrogens with one attached hydrogen (secondary N) is 1. The van der Waals surface area contributed by atoms with Gasteiger partial charge in [-0.25, -0.2) is 9.97 Å². The molecular weight excluding hydrogens is 224 g/mol. The third kappa shape index (κ3) is 4.61. The van der Waals surface area contributed by atoms with Crippen LogP contribution in [0.3, 0.4) is 0 Å². The maximum atomic E-state index is 4.62. The number of aromatic nitrogens is 2. The summed E-state index contributed by atoms with van der Waals surface area (Å²) in [7, 11) is 2.08. The quantitative estimate of drug-likeness (QED) is 0.841. The Kier molecular flexibility index (Phi) is 5.54. The van der Waals surface area contributed by atoms with Crippen molar-refractivity contribution in [2.45, 2.75) is 46.6 Å². The minimum atomic E-state index is 0.367. The molecule has 18 heavy (non-hydrogen) atoms. The van der Waals surface area contributed by atoms with Gasteiger partial charge in [0.1, 0.15) is 11.6 Å². The molecule has 0 unspecified atom stereocenters. The Balaban J connectivity index is 2.69. The normalized spacial score (nSPS) is 11.3. The lowest BCUT2D eigenvalue weighted by atomic mass is 10.2. The Bertz CT molecular complexity index is 374. The van der Waals surface area contributed by atoms with Crippen molar-refractivity contribution in [3.63, 3.8) is 0 Å². The number of hydrogen-bond acceptors (Lipinski definition) is 4. The van der Waals surface area contributed by atoms with Gasteiger partial charge in [-0.05, 0) is 6.92 Å². The van der Waals surface area contributed by atoms with Crippen molar-refractivity contribution in [1.29, 1.82) is 0 Å². The van der Waals surface area contributed by atoms with E-state index in [0.29, 0.717) is 12.0 Å². The van der Waals surface area contributed by atoms with E-state index in [4.69, 9.17) is 0 Å². The summed E-state index contributed by atoms with van der Waals surface area (Å²) in [5.41, 5.74) is 1.03. The number of rotatable bonds is 6. The Labute approximate surface area is 111 Å². The van der Waals surface area contributed by atoms with Crippen molar-refractivity contribution in [2.75, 3.05) is 25.0 Å². The van der Waals surface area contributed by atoms with Gasteiger partial charge in [0, 0.05) is 43.9 Å². The number of aryl methyl sites for hydroxylation is 1. The van der Waals surface area contributed by atoms with Crippen LogP contribution in [0, 0.1) is 6.92 Å². The lowest BCUT2D eigenvalue weighted by Crippen LogP contribution is -2.33. The zero-order chi connectivity index (χ0) is 13.7. The first-order valence-electron chi connectivity index (χ1n) is 6.70. The van der Waals surface area contributed by atoms with Crippen LogP contribution in [0.25, 0.3) is 0 Å². The maximum Gasteiger partial charge on any atom is 0.133 e. The molecule has 0 saturated carbocycles. The summed E-state index contributed by atoms with van der Waals surface area (Å²) in [5, 5.41) is 3.41. The van der Waals surface area contributed by atoms with Gasteiger partial charge in [0.05, 0.1) is 0 Å². The average molecular weight is 250 g/mol. The largest absolute Gasteiger partial charge is 0.358 e. The topological polar surface area (TPSA) is 41.0 Å². The molecule has 4 heteroatoms. The van der Waals surface area contributed by atoms with Gasteiger partial charge < -0.3 is 10.2 Å². The molecule has 0 aromatic carbocycles. The number of hydrogen-bond donors (Lipinski definition) is 1. The van der Waals surface area contributed by atoms with Gasteiger partial charge in [0.15, 0.2) is 0 Å². The van der Waals surface area contributed by atoms with Crippen molar-refractivity contribution in [1.82, 2.24) is 15.3 Å². The monoisotopic (exact) mass is 250 g/mol. The van der Waals surface area contributed by atoms with Gasteiger partial charge >= 0.3 is 0 Å². The number of anilines is 1. The summed E-state index contributed by atoms with van der Waals surface area (Å²) in [5.74, 6) is 2.30. The molecule has 1 rings (SSSR count). The fourth-order valence-electron chi connectivity index (χ4n) is 1.66. The van der Waals surface area contributed by atoms with Gasteiger partial charge in [0.2, 0.25) is 0 Å². The highest BCUT2D eigenvalue weighted by molar-refractivity contribution is 5.39. The first-order valence-corrected chi connectivity index (χ1v) is 6.70. The number of nitrogens with zero attached hydrogens (tertiary/aromatic N) is 3. The molecule has 0 saturated heterocycles. The van der Waals surface area contributed by atoms with Crippen LogP contribution in [-0.4, -0.2) is 36.1 Å². The first-order chi connectivity index (χ1) is 8.40. The van der Waals surface area contributed by atoms with E-state index in [0.717, 1.165) is 30.4 Å². The molecule has 4 nitrogen and oxygen atoms in total. The lowest BCUT2D eigenvalue weighted by Gasteiger charge is -2.20.